The van der Waals surface area contributed by atoms with Crippen LogP contribution in [-0.4, -0.2) is 0 Å². The summed E-state index contributed by atoms with van der Waals surface area (Å²) in [6, 6.07) is 9.87. The Morgan fingerprint density at radius 2 is 1.47 bits per heavy atom. The van der Waals surface area contributed by atoms with Gasteiger partial charge in [-0.15, -0.1) is 0 Å². The highest BCUT2D eigenvalue weighted by atomic mass is 19.2. The molecule has 0 aliphatic rings. The van der Waals surface area contributed by atoms with Gasteiger partial charge >= 0.3 is 0 Å². The lowest BCUT2D eigenvalue weighted by Gasteiger charge is -2.11. The Balaban J connectivity index is 2.08. The van der Waals surface area contributed by atoms with Crippen LogP contribution in [-0.2, 0) is 12.8 Å². The normalized spacial score (nSPS) is 12.4. The van der Waals surface area contributed by atoms with Gasteiger partial charge in [-0.3, -0.25) is 0 Å². The number of hydrogen-bond donors (Lipinski definition) is 0. The molecule has 158 valence electrons. The van der Waals surface area contributed by atoms with Crippen molar-refractivity contribution in [2.75, 3.05) is 0 Å². The Labute approximate surface area is 173 Å². The average Bonchev–Trinajstić information content (AvgIpc) is 2.76. The van der Waals surface area contributed by atoms with Crippen molar-refractivity contribution in [1.82, 2.24) is 0 Å². The third-order valence-electron chi connectivity index (χ3n) is 5.30. The van der Waals surface area contributed by atoms with Gasteiger partial charge < -0.3 is 0 Å². The Kier molecular flexibility index (Phi) is 6.91. The molecule has 0 N–H and O–H groups in total. The van der Waals surface area contributed by atoms with E-state index in [1.165, 1.54) is 24.3 Å². The fourth-order valence-corrected chi connectivity index (χ4v) is 3.47. The molecule has 3 aromatic rings. The number of hydrogen-bond acceptors (Lipinski definition) is 0. The van der Waals surface area contributed by atoms with Crippen LogP contribution < -0.4 is 0 Å². The molecule has 0 bridgehead atoms. The van der Waals surface area contributed by atoms with E-state index in [0.29, 0.717) is 6.42 Å². The molecule has 0 radical (unpaired) electrons. The van der Waals surface area contributed by atoms with Gasteiger partial charge in [-0.2, -0.15) is 0 Å². The SMILES string of the molecule is CCCCCc1ccc2cc(C(F)=C(F)c3ccc(CC)cc3)c(F)c(F)c2c1F. The van der Waals surface area contributed by atoms with E-state index in [1.54, 1.807) is 12.1 Å². The minimum absolute atomic E-state index is 0.0232. The van der Waals surface area contributed by atoms with Crippen molar-refractivity contribution in [2.45, 2.75) is 46.0 Å². The summed E-state index contributed by atoms with van der Waals surface area (Å²) in [5.41, 5.74) is 0.262. The molecule has 0 aromatic heterocycles. The van der Waals surface area contributed by atoms with E-state index in [1.807, 2.05) is 13.8 Å². The van der Waals surface area contributed by atoms with Crippen LogP contribution in [0.25, 0.3) is 22.4 Å². The number of rotatable bonds is 7. The van der Waals surface area contributed by atoms with Crippen molar-refractivity contribution in [3.63, 3.8) is 0 Å². The first kappa shape index (κ1) is 22.0. The highest BCUT2D eigenvalue weighted by Gasteiger charge is 2.23. The molecular formula is C25H23F5. The minimum Gasteiger partial charge on any atom is -0.206 e. The zero-order valence-electron chi connectivity index (χ0n) is 17.0. The molecule has 5 heteroatoms. The van der Waals surface area contributed by atoms with E-state index in [4.69, 9.17) is 0 Å². The summed E-state index contributed by atoms with van der Waals surface area (Å²) in [6.45, 7) is 3.93. The van der Waals surface area contributed by atoms with Crippen LogP contribution in [0.4, 0.5) is 22.0 Å². The molecule has 0 saturated carbocycles. The average molecular weight is 418 g/mol. The molecule has 3 rings (SSSR count). The van der Waals surface area contributed by atoms with Gasteiger partial charge in [-0.25, -0.2) is 22.0 Å². The van der Waals surface area contributed by atoms with E-state index in [-0.39, 0.29) is 16.5 Å². The first-order valence-corrected chi connectivity index (χ1v) is 10.1. The lowest BCUT2D eigenvalue weighted by molar-refractivity contribution is 0.505. The van der Waals surface area contributed by atoms with Gasteiger partial charge in [0.05, 0.1) is 10.9 Å². The largest absolute Gasteiger partial charge is 0.206 e. The molecule has 0 fully saturated rings. The monoisotopic (exact) mass is 418 g/mol. The van der Waals surface area contributed by atoms with Gasteiger partial charge in [0.25, 0.3) is 0 Å². The number of unbranched alkanes of at least 4 members (excludes halogenated alkanes) is 2. The molecule has 0 unspecified atom stereocenters. The zero-order chi connectivity index (χ0) is 21.8. The predicted octanol–water partition coefficient (Wildman–Crippen LogP) is 8.32. The van der Waals surface area contributed by atoms with Crippen LogP contribution in [0.2, 0.25) is 0 Å². The second-order valence-electron chi connectivity index (χ2n) is 7.32. The quantitative estimate of drug-likeness (QED) is 0.206. The fourth-order valence-electron chi connectivity index (χ4n) is 3.47. The maximum atomic E-state index is 14.8. The maximum Gasteiger partial charge on any atom is 0.170 e. The summed E-state index contributed by atoms with van der Waals surface area (Å²) in [5.74, 6) is -6.80. The summed E-state index contributed by atoms with van der Waals surface area (Å²) in [4.78, 5) is 0. The molecule has 0 spiro atoms. The molecule has 0 aliphatic heterocycles. The van der Waals surface area contributed by atoms with Crippen molar-refractivity contribution in [3.8, 4) is 0 Å². The first-order valence-electron chi connectivity index (χ1n) is 10.1. The Morgan fingerprint density at radius 3 is 2.10 bits per heavy atom. The summed E-state index contributed by atoms with van der Waals surface area (Å²) >= 11 is 0. The lowest BCUT2D eigenvalue weighted by atomic mass is 9.98. The zero-order valence-corrected chi connectivity index (χ0v) is 17.0. The van der Waals surface area contributed by atoms with Crippen LogP contribution in [0.5, 0.6) is 0 Å². The molecule has 30 heavy (non-hydrogen) atoms. The molecule has 0 amide bonds. The van der Waals surface area contributed by atoms with Crippen molar-refractivity contribution in [2.24, 2.45) is 0 Å². The summed E-state index contributed by atoms with van der Waals surface area (Å²) < 4.78 is 73.5. The van der Waals surface area contributed by atoms with Gasteiger partial charge in [0.2, 0.25) is 0 Å². The molecule has 0 heterocycles. The van der Waals surface area contributed by atoms with Gasteiger partial charge in [-0.05, 0) is 41.8 Å². The van der Waals surface area contributed by atoms with E-state index < -0.39 is 40.1 Å². The van der Waals surface area contributed by atoms with Crippen molar-refractivity contribution in [1.29, 1.82) is 0 Å². The first-order chi connectivity index (χ1) is 14.4. The van der Waals surface area contributed by atoms with Crippen LogP contribution in [0, 0.1) is 17.5 Å². The van der Waals surface area contributed by atoms with E-state index in [9.17, 15) is 22.0 Å². The highest BCUT2D eigenvalue weighted by molar-refractivity contribution is 5.91. The third kappa shape index (κ3) is 4.25. The Morgan fingerprint density at radius 1 is 0.767 bits per heavy atom. The molecule has 3 aromatic carbocycles. The molecule has 0 nitrogen and oxygen atoms in total. The topological polar surface area (TPSA) is 0 Å². The van der Waals surface area contributed by atoms with E-state index in [0.717, 1.165) is 37.3 Å². The van der Waals surface area contributed by atoms with Crippen LogP contribution in [0.15, 0.2) is 42.5 Å². The van der Waals surface area contributed by atoms with E-state index in [2.05, 4.69) is 0 Å². The van der Waals surface area contributed by atoms with E-state index >= 15 is 0 Å². The number of fused-ring (bicyclic) bond motifs is 1. The minimum atomic E-state index is -1.61. The smallest absolute Gasteiger partial charge is 0.170 e. The molecule has 0 saturated heterocycles. The second kappa shape index (κ2) is 9.41. The molecular weight excluding hydrogens is 395 g/mol. The number of halogens is 5. The predicted molar refractivity (Wildman–Crippen MR) is 112 cm³/mol. The molecule has 0 aliphatic carbocycles. The Hall–Kier alpha value is -2.69. The molecule has 0 atom stereocenters. The Bertz CT molecular complexity index is 1080. The van der Waals surface area contributed by atoms with Crippen LogP contribution in [0.1, 0.15) is 55.4 Å². The highest BCUT2D eigenvalue weighted by Crippen LogP contribution is 2.35. The lowest BCUT2D eigenvalue weighted by Crippen LogP contribution is -2.00. The number of benzene rings is 3. The standard InChI is InChI=1S/C25H23F5/c1-3-5-6-7-16-12-13-18-14-19(24(29)25(30)20(18)21(16)26)23(28)22(27)17-10-8-15(4-2)9-11-17/h8-14H,3-7H2,1-2H3. The van der Waals surface area contributed by atoms with Gasteiger partial charge in [0.1, 0.15) is 5.82 Å². The summed E-state index contributed by atoms with van der Waals surface area (Å²) in [7, 11) is 0. The summed E-state index contributed by atoms with van der Waals surface area (Å²) in [5, 5.41) is -0.560. The van der Waals surface area contributed by atoms with Gasteiger partial charge in [0, 0.05) is 5.56 Å². The van der Waals surface area contributed by atoms with Gasteiger partial charge in [-0.1, -0.05) is 63.1 Å². The maximum absolute atomic E-state index is 14.8. The number of aryl methyl sites for hydroxylation is 2. The van der Waals surface area contributed by atoms with Crippen molar-refractivity contribution < 1.29 is 22.0 Å². The van der Waals surface area contributed by atoms with Crippen LogP contribution in [0.3, 0.4) is 0 Å². The second-order valence-corrected chi connectivity index (χ2v) is 7.32. The van der Waals surface area contributed by atoms with Crippen molar-refractivity contribution in [3.05, 3.63) is 82.2 Å². The fraction of sp³-hybridized carbons (Fsp3) is 0.280. The summed E-state index contributed by atoms with van der Waals surface area (Å²) in [6.07, 6.45) is 3.68. The van der Waals surface area contributed by atoms with Crippen LogP contribution >= 0.6 is 0 Å². The van der Waals surface area contributed by atoms with Gasteiger partial charge in [0.15, 0.2) is 23.3 Å². The third-order valence-corrected chi connectivity index (χ3v) is 5.30. The van der Waals surface area contributed by atoms with Crippen molar-refractivity contribution >= 4 is 22.4 Å².